The Kier molecular flexibility index (Phi) is 9.02. The third-order valence-electron chi connectivity index (χ3n) is 7.57. The van der Waals surface area contributed by atoms with E-state index in [-0.39, 0.29) is 11.8 Å². The highest BCUT2D eigenvalue weighted by molar-refractivity contribution is 7.14. The maximum absolute atomic E-state index is 13.4. The lowest BCUT2D eigenvalue weighted by molar-refractivity contribution is 0.0781. The lowest BCUT2D eigenvalue weighted by atomic mass is 9.97. The average molecular weight is 607 g/mol. The van der Waals surface area contributed by atoms with E-state index in [0.717, 1.165) is 80.8 Å². The maximum Gasteiger partial charge on any atom is 0.264 e. The van der Waals surface area contributed by atoms with Crippen molar-refractivity contribution in [3.63, 3.8) is 0 Å². The summed E-state index contributed by atoms with van der Waals surface area (Å²) < 4.78 is 3.58. The van der Waals surface area contributed by atoms with Gasteiger partial charge in [0.2, 0.25) is 0 Å². The number of rotatable bonds is 11. The number of nitrogens with zero attached hydrogens (tertiary/aromatic N) is 8. The van der Waals surface area contributed by atoms with Crippen molar-refractivity contribution in [1.82, 2.24) is 39.8 Å². The van der Waals surface area contributed by atoms with Crippen molar-refractivity contribution in [3.8, 4) is 0 Å². The second kappa shape index (κ2) is 12.7. The number of aryl methyl sites for hydroxylation is 4. The molecule has 0 saturated carbocycles. The highest BCUT2D eigenvalue weighted by Gasteiger charge is 2.26. The van der Waals surface area contributed by atoms with Crippen molar-refractivity contribution in [3.05, 3.63) is 66.5 Å². The molecule has 222 valence electrons. The molecule has 0 unspecified atom stereocenters. The lowest BCUT2D eigenvalue weighted by Gasteiger charge is -2.14. The van der Waals surface area contributed by atoms with Crippen LogP contribution in [0.1, 0.15) is 91.1 Å². The third kappa shape index (κ3) is 6.24. The molecule has 10 nitrogen and oxygen atoms in total. The van der Waals surface area contributed by atoms with E-state index in [1.807, 2.05) is 31.0 Å². The number of amides is 2. The van der Waals surface area contributed by atoms with Crippen LogP contribution in [-0.2, 0) is 26.2 Å². The first-order chi connectivity index (χ1) is 20.2. The Morgan fingerprint density at radius 1 is 0.810 bits per heavy atom. The van der Waals surface area contributed by atoms with E-state index in [2.05, 4.69) is 53.5 Å². The van der Waals surface area contributed by atoms with E-state index in [4.69, 9.17) is 0 Å². The molecule has 0 aliphatic heterocycles. The molecule has 0 atom stereocenters. The van der Waals surface area contributed by atoms with Crippen molar-refractivity contribution in [1.29, 1.82) is 0 Å². The Balaban J connectivity index is 1.34. The van der Waals surface area contributed by atoms with Crippen LogP contribution in [0.15, 0.2) is 24.5 Å². The monoisotopic (exact) mass is 606 g/mol. The molecule has 0 spiro atoms. The fraction of sp³-hybridized carbons (Fsp3) is 0.467. The van der Waals surface area contributed by atoms with Gasteiger partial charge in [0, 0.05) is 36.9 Å². The molecular formula is C30H38N8O2S2. The highest BCUT2D eigenvalue weighted by Crippen LogP contribution is 2.45. The molecule has 5 rings (SSSR count). The van der Waals surface area contributed by atoms with Crippen LogP contribution >= 0.6 is 22.7 Å². The highest BCUT2D eigenvalue weighted by atomic mass is 32.1. The number of carbonyl (C=O) groups is 2. The van der Waals surface area contributed by atoms with Gasteiger partial charge in [-0.25, -0.2) is 0 Å². The summed E-state index contributed by atoms with van der Waals surface area (Å²) >= 11 is 3.08. The molecule has 42 heavy (non-hydrogen) atoms. The van der Waals surface area contributed by atoms with Crippen molar-refractivity contribution in [2.75, 3.05) is 14.1 Å². The molecule has 4 heterocycles. The zero-order valence-corrected chi connectivity index (χ0v) is 26.8. The Hall–Kier alpha value is -3.64. The van der Waals surface area contributed by atoms with E-state index in [9.17, 15) is 9.59 Å². The van der Waals surface area contributed by atoms with Crippen LogP contribution in [0.2, 0.25) is 0 Å². The second-order valence-electron chi connectivity index (χ2n) is 10.8. The predicted molar refractivity (Wildman–Crippen MR) is 166 cm³/mol. The number of allylic oxidation sites excluding steroid dienone is 2. The second-order valence-corrected chi connectivity index (χ2v) is 13.3. The van der Waals surface area contributed by atoms with Gasteiger partial charge in [-0.2, -0.15) is 0 Å². The SMILES string of the molecule is CCCn1cc(CN(C)C(=O)c2cc(C3=C(c4cc(C(=O)N(C)Cc5cn(CC)nn5)sc4C)CCC3)c(C)s2)nn1. The zero-order chi connectivity index (χ0) is 30.0. The molecule has 0 saturated heterocycles. The number of aromatic nitrogens is 6. The van der Waals surface area contributed by atoms with Gasteiger partial charge >= 0.3 is 0 Å². The molecule has 1 aliphatic carbocycles. The fourth-order valence-electron chi connectivity index (χ4n) is 5.43. The Labute approximate surface area is 254 Å². The summed E-state index contributed by atoms with van der Waals surface area (Å²) in [6, 6.07) is 4.11. The van der Waals surface area contributed by atoms with Gasteiger partial charge in [0.15, 0.2) is 0 Å². The van der Waals surface area contributed by atoms with E-state index in [1.54, 1.807) is 44.2 Å². The summed E-state index contributed by atoms with van der Waals surface area (Å²) in [5.41, 5.74) is 6.42. The van der Waals surface area contributed by atoms with Gasteiger partial charge < -0.3 is 9.80 Å². The minimum Gasteiger partial charge on any atom is -0.335 e. The van der Waals surface area contributed by atoms with Gasteiger partial charge in [0.05, 0.1) is 35.2 Å². The van der Waals surface area contributed by atoms with Gasteiger partial charge in [-0.05, 0) is 80.9 Å². The van der Waals surface area contributed by atoms with E-state index >= 15 is 0 Å². The van der Waals surface area contributed by atoms with Crippen LogP contribution in [-0.4, -0.2) is 65.7 Å². The number of carbonyl (C=O) groups excluding carboxylic acids is 2. The summed E-state index contributed by atoms with van der Waals surface area (Å²) in [5, 5.41) is 16.6. The van der Waals surface area contributed by atoms with Gasteiger partial charge in [0.1, 0.15) is 11.4 Å². The standard InChI is InChI=1S/C30H38N8O2S2/c1-7-12-38-18-22(32-34-38)16-36(6)30(40)28-14-26(20(4)42-28)24-11-9-10-23(24)25-13-27(41-19(25)3)29(39)35(5)15-21-17-37(8-2)33-31-21/h13-14,17-18H,7-12,15-16H2,1-6H3. The van der Waals surface area contributed by atoms with Gasteiger partial charge in [-0.15, -0.1) is 32.9 Å². The summed E-state index contributed by atoms with van der Waals surface area (Å²) in [6.07, 6.45) is 7.75. The molecule has 2 amide bonds. The van der Waals surface area contributed by atoms with Crippen LogP contribution in [0.4, 0.5) is 0 Å². The largest absolute Gasteiger partial charge is 0.335 e. The Bertz CT molecular complexity index is 1620. The lowest BCUT2D eigenvalue weighted by Crippen LogP contribution is -2.25. The molecule has 12 heteroatoms. The minimum atomic E-state index is -0.0158. The zero-order valence-electron chi connectivity index (χ0n) is 25.2. The molecule has 0 N–H and O–H groups in total. The number of hydrogen-bond donors (Lipinski definition) is 0. The summed E-state index contributed by atoms with van der Waals surface area (Å²) in [7, 11) is 3.62. The first kappa shape index (κ1) is 29.8. The van der Waals surface area contributed by atoms with E-state index in [0.29, 0.717) is 13.1 Å². The summed E-state index contributed by atoms with van der Waals surface area (Å²) in [4.78, 5) is 33.8. The number of hydrogen-bond acceptors (Lipinski definition) is 8. The molecule has 4 aromatic heterocycles. The fourth-order valence-corrected chi connectivity index (χ4v) is 7.52. The van der Waals surface area contributed by atoms with Gasteiger partial charge in [0.25, 0.3) is 11.8 Å². The normalized spacial score (nSPS) is 13.3. The van der Waals surface area contributed by atoms with Crippen LogP contribution in [0.25, 0.3) is 11.1 Å². The minimum absolute atomic E-state index is 0.0128. The molecular weight excluding hydrogens is 569 g/mol. The van der Waals surface area contributed by atoms with E-state index in [1.165, 1.54) is 11.1 Å². The first-order valence-corrected chi connectivity index (χ1v) is 16.0. The smallest absolute Gasteiger partial charge is 0.264 e. The molecule has 1 aliphatic rings. The molecule has 4 aromatic rings. The third-order valence-corrected chi connectivity index (χ3v) is 9.64. The molecule has 0 aromatic carbocycles. The topological polar surface area (TPSA) is 102 Å². The quantitative estimate of drug-likeness (QED) is 0.218. The maximum atomic E-state index is 13.4. The van der Waals surface area contributed by atoms with Crippen molar-refractivity contribution < 1.29 is 9.59 Å². The van der Waals surface area contributed by atoms with E-state index < -0.39 is 0 Å². The number of thiophene rings is 2. The average Bonchev–Trinajstić information content (AvgIpc) is 3.79. The predicted octanol–water partition coefficient (Wildman–Crippen LogP) is 5.68. The molecule has 0 bridgehead atoms. The first-order valence-electron chi connectivity index (χ1n) is 14.4. The van der Waals surface area contributed by atoms with Crippen LogP contribution in [0, 0.1) is 13.8 Å². The summed E-state index contributed by atoms with van der Waals surface area (Å²) in [6.45, 7) is 10.7. The van der Waals surface area contributed by atoms with Gasteiger partial charge in [-0.1, -0.05) is 17.4 Å². The van der Waals surface area contributed by atoms with Crippen molar-refractivity contribution in [2.24, 2.45) is 0 Å². The Morgan fingerprint density at radius 3 is 1.74 bits per heavy atom. The molecule has 0 radical (unpaired) electrons. The van der Waals surface area contributed by atoms with Gasteiger partial charge in [-0.3, -0.25) is 19.0 Å². The molecule has 0 fully saturated rings. The Morgan fingerprint density at radius 2 is 1.29 bits per heavy atom. The summed E-state index contributed by atoms with van der Waals surface area (Å²) in [5.74, 6) is -0.0287. The van der Waals surface area contributed by atoms with Crippen LogP contribution in [0.3, 0.4) is 0 Å². The van der Waals surface area contributed by atoms with Crippen LogP contribution in [0.5, 0.6) is 0 Å². The van der Waals surface area contributed by atoms with Crippen molar-refractivity contribution >= 4 is 45.6 Å². The van der Waals surface area contributed by atoms with Crippen molar-refractivity contribution in [2.45, 2.75) is 79.6 Å². The van der Waals surface area contributed by atoms with Crippen LogP contribution < -0.4 is 0 Å².